The zero-order chi connectivity index (χ0) is 9.80. The minimum Gasteiger partial charge on any atom is -0.488 e. The van der Waals surface area contributed by atoms with Crippen molar-refractivity contribution in [1.29, 1.82) is 0 Å². The summed E-state index contributed by atoms with van der Waals surface area (Å²) in [4.78, 5) is 5.14. The van der Waals surface area contributed by atoms with Crippen LogP contribution in [0.1, 0.15) is 10.4 Å². The van der Waals surface area contributed by atoms with Gasteiger partial charge in [0.15, 0.2) is 0 Å². The topological polar surface area (TPSA) is 22.1 Å². The third-order valence-electron chi connectivity index (χ3n) is 1.85. The van der Waals surface area contributed by atoms with Crippen LogP contribution in [0.3, 0.4) is 0 Å². The van der Waals surface area contributed by atoms with Crippen molar-refractivity contribution in [3.8, 4) is 5.75 Å². The van der Waals surface area contributed by atoms with Gasteiger partial charge >= 0.3 is 0 Å². The molecule has 0 aliphatic carbocycles. The molecule has 2 nitrogen and oxygen atoms in total. The highest BCUT2D eigenvalue weighted by Crippen LogP contribution is 2.15. The van der Waals surface area contributed by atoms with E-state index in [1.807, 2.05) is 29.9 Å². The molecule has 1 heterocycles. The fourth-order valence-electron chi connectivity index (χ4n) is 1.17. The smallest absolute Gasteiger partial charge is 0.124 e. The lowest BCUT2D eigenvalue weighted by Gasteiger charge is -2.04. The van der Waals surface area contributed by atoms with Crippen LogP contribution in [0.15, 0.2) is 36.0 Å². The SMILES string of the molecule is Cc1cccc(OCc2cncs2)c1. The Bertz CT molecular complexity index is 397. The molecule has 0 amide bonds. The second-order valence-electron chi connectivity index (χ2n) is 3.07. The highest BCUT2D eigenvalue weighted by Gasteiger charge is 1.96. The molecule has 0 saturated heterocycles. The van der Waals surface area contributed by atoms with E-state index >= 15 is 0 Å². The first kappa shape index (κ1) is 9.21. The first-order valence-corrected chi connectivity index (χ1v) is 5.29. The van der Waals surface area contributed by atoms with Crippen LogP contribution in [0.4, 0.5) is 0 Å². The number of ether oxygens (including phenoxy) is 1. The van der Waals surface area contributed by atoms with Crippen molar-refractivity contribution in [2.24, 2.45) is 0 Å². The summed E-state index contributed by atoms with van der Waals surface area (Å²) < 4.78 is 5.60. The van der Waals surface area contributed by atoms with Crippen molar-refractivity contribution in [1.82, 2.24) is 4.98 Å². The molecule has 2 aromatic rings. The lowest BCUT2D eigenvalue weighted by atomic mass is 10.2. The summed E-state index contributed by atoms with van der Waals surface area (Å²) in [5.41, 5.74) is 3.03. The molecule has 0 aliphatic rings. The van der Waals surface area contributed by atoms with E-state index in [1.54, 1.807) is 11.3 Å². The van der Waals surface area contributed by atoms with Gasteiger partial charge < -0.3 is 4.74 Å². The highest BCUT2D eigenvalue weighted by atomic mass is 32.1. The van der Waals surface area contributed by atoms with E-state index in [1.165, 1.54) is 5.56 Å². The molecule has 0 spiro atoms. The van der Waals surface area contributed by atoms with E-state index in [-0.39, 0.29) is 0 Å². The van der Waals surface area contributed by atoms with Gasteiger partial charge in [0.05, 0.1) is 10.4 Å². The molecule has 0 bridgehead atoms. The standard InChI is InChI=1S/C11H11NOS/c1-9-3-2-4-10(5-9)13-7-11-6-12-8-14-11/h2-6,8H,7H2,1H3. The first-order valence-electron chi connectivity index (χ1n) is 4.41. The van der Waals surface area contributed by atoms with E-state index < -0.39 is 0 Å². The molecule has 1 aromatic carbocycles. The van der Waals surface area contributed by atoms with Gasteiger partial charge in [0.25, 0.3) is 0 Å². The lowest BCUT2D eigenvalue weighted by molar-refractivity contribution is 0.309. The third-order valence-corrected chi connectivity index (χ3v) is 2.61. The van der Waals surface area contributed by atoms with Gasteiger partial charge in [0, 0.05) is 6.20 Å². The molecule has 3 heteroatoms. The summed E-state index contributed by atoms with van der Waals surface area (Å²) in [7, 11) is 0. The molecule has 0 saturated carbocycles. The summed E-state index contributed by atoms with van der Waals surface area (Å²) in [6, 6.07) is 8.05. The van der Waals surface area contributed by atoms with Crippen molar-refractivity contribution in [3.05, 3.63) is 46.4 Å². The molecule has 72 valence electrons. The average molecular weight is 205 g/mol. The Kier molecular flexibility index (Phi) is 2.79. The maximum absolute atomic E-state index is 5.60. The van der Waals surface area contributed by atoms with Crippen molar-refractivity contribution < 1.29 is 4.74 Å². The Labute approximate surface area is 87.2 Å². The Balaban J connectivity index is 1.98. The summed E-state index contributed by atoms with van der Waals surface area (Å²) in [5, 5.41) is 0. The minimum absolute atomic E-state index is 0.605. The fraction of sp³-hybridized carbons (Fsp3) is 0.182. The third kappa shape index (κ3) is 2.33. The predicted octanol–water partition coefficient (Wildman–Crippen LogP) is 3.03. The van der Waals surface area contributed by atoms with Crippen LogP contribution in [0, 0.1) is 6.92 Å². The van der Waals surface area contributed by atoms with E-state index in [9.17, 15) is 0 Å². The summed E-state index contributed by atoms with van der Waals surface area (Å²) in [6.07, 6.45) is 1.83. The summed E-state index contributed by atoms with van der Waals surface area (Å²) in [5.74, 6) is 0.915. The summed E-state index contributed by atoms with van der Waals surface area (Å²) in [6.45, 7) is 2.66. The van der Waals surface area contributed by atoms with Gasteiger partial charge in [-0.1, -0.05) is 12.1 Å². The number of hydrogen-bond donors (Lipinski definition) is 0. The number of thiazole rings is 1. The first-order chi connectivity index (χ1) is 6.84. The Morgan fingerprint density at radius 2 is 2.36 bits per heavy atom. The number of aryl methyl sites for hydroxylation is 1. The van der Waals surface area contributed by atoms with Crippen LogP contribution in [0.5, 0.6) is 5.75 Å². The van der Waals surface area contributed by atoms with Crippen molar-refractivity contribution in [2.75, 3.05) is 0 Å². The maximum atomic E-state index is 5.60. The Hall–Kier alpha value is -1.35. The zero-order valence-electron chi connectivity index (χ0n) is 7.93. The molecule has 0 fully saturated rings. The Morgan fingerprint density at radius 3 is 3.07 bits per heavy atom. The van der Waals surface area contributed by atoms with Gasteiger partial charge in [-0.05, 0) is 24.6 Å². The summed E-state index contributed by atoms with van der Waals surface area (Å²) >= 11 is 1.61. The van der Waals surface area contributed by atoms with E-state index in [0.717, 1.165) is 10.6 Å². The normalized spacial score (nSPS) is 10.1. The molecule has 0 aliphatic heterocycles. The van der Waals surface area contributed by atoms with Gasteiger partial charge in [-0.15, -0.1) is 11.3 Å². The molecular formula is C11H11NOS. The van der Waals surface area contributed by atoms with Gasteiger partial charge in [-0.2, -0.15) is 0 Å². The van der Waals surface area contributed by atoms with Gasteiger partial charge in [0.1, 0.15) is 12.4 Å². The van der Waals surface area contributed by atoms with E-state index in [0.29, 0.717) is 6.61 Å². The lowest BCUT2D eigenvalue weighted by Crippen LogP contribution is -1.92. The van der Waals surface area contributed by atoms with Crippen molar-refractivity contribution in [3.63, 3.8) is 0 Å². The van der Waals surface area contributed by atoms with Gasteiger partial charge in [-0.3, -0.25) is 4.98 Å². The molecule has 1 aromatic heterocycles. The second kappa shape index (κ2) is 4.24. The van der Waals surface area contributed by atoms with Gasteiger partial charge in [0.2, 0.25) is 0 Å². The number of rotatable bonds is 3. The number of hydrogen-bond acceptors (Lipinski definition) is 3. The minimum atomic E-state index is 0.605. The number of nitrogens with zero attached hydrogens (tertiary/aromatic N) is 1. The van der Waals surface area contributed by atoms with Crippen molar-refractivity contribution >= 4 is 11.3 Å². The number of aromatic nitrogens is 1. The average Bonchev–Trinajstić information content (AvgIpc) is 2.67. The van der Waals surface area contributed by atoms with Gasteiger partial charge in [-0.25, -0.2) is 0 Å². The highest BCUT2D eigenvalue weighted by molar-refractivity contribution is 7.09. The molecule has 0 atom stereocenters. The van der Waals surface area contributed by atoms with Crippen LogP contribution in [-0.2, 0) is 6.61 Å². The van der Waals surface area contributed by atoms with Crippen LogP contribution in [0.2, 0.25) is 0 Å². The fourth-order valence-corrected chi connectivity index (χ4v) is 1.68. The molecular weight excluding hydrogens is 194 g/mol. The second-order valence-corrected chi connectivity index (χ2v) is 4.04. The van der Waals surface area contributed by atoms with Crippen LogP contribution in [0.25, 0.3) is 0 Å². The van der Waals surface area contributed by atoms with Crippen LogP contribution in [-0.4, -0.2) is 4.98 Å². The molecule has 14 heavy (non-hydrogen) atoms. The van der Waals surface area contributed by atoms with E-state index in [4.69, 9.17) is 4.74 Å². The zero-order valence-corrected chi connectivity index (χ0v) is 8.75. The largest absolute Gasteiger partial charge is 0.488 e. The molecule has 0 N–H and O–H groups in total. The number of benzene rings is 1. The monoisotopic (exact) mass is 205 g/mol. The molecule has 0 unspecified atom stereocenters. The van der Waals surface area contributed by atoms with Crippen LogP contribution < -0.4 is 4.74 Å². The van der Waals surface area contributed by atoms with Crippen LogP contribution >= 0.6 is 11.3 Å². The predicted molar refractivity (Wildman–Crippen MR) is 57.6 cm³/mol. The quantitative estimate of drug-likeness (QED) is 0.768. The molecule has 2 rings (SSSR count). The molecule has 0 radical (unpaired) electrons. The maximum Gasteiger partial charge on any atom is 0.124 e. The Morgan fingerprint density at radius 1 is 1.43 bits per heavy atom. The van der Waals surface area contributed by atoms with Crippen molar-refractivity contribution in [2.45, 2.75) is 13.5 Å². The van der Waals surface area contributed by atoms with E-state index in [2.05, 4.69) is 18.0 Å².